The molecule has 3 N–H and O–H groups in total. The van der Waals surface area contributed by atoms with Crippen LogP contribution >= 0.6 is 0 Å². The number of benzene rings is 1. The number of nitrogens with zero attached hydrogens (tertiary/aromatic N) is 7. The van der Waals surface area contributed by atoms with Gasteiger partial charge in [-0.2, -0.15) is 5.10 Å². The van der Waals surface area contributed by atoms with Gasteiger partial charge in [-0.15, -0.1) is 0 Å². The Kier molecular flexibility index (Phi) is 6.71. The Balaban J connectivity index is 0.000000806. The van der Waals surface area contributed by atoms with E-state index < -0.39 is 5.82 Å². The van der Waals surface area contributed by atoms with Gasteiger partial charge in [0.15, 0.2) is 17.3 Å². The average molecular weight is 409 g/mol. The van der Waals surface area contributed by atoms with Crippen LogP contribution in [-0.4, -0.2) is 41.2 Å². The van der Waals surface area contributed by atoms with Gasteiger partial charge in [-0.1, -0.05) is 20.3 Å². The summed E-state index contributed by atoms with van der Waals surface area (Å²) in [4.78, 5) is 12.5. The van der Waals surface area contributed by atoms with Gasteiger partial charge < -0.3 is 10.3 Å². The molecule has 0 amide bonds. The Bertz CT molecular complexity index is 1120. The number of anilines is 2. The number of rotatable bonds is 5. The van der Waals surface area contributed by atoms with Crippen LogP contribution in [0.5, 0.6) is 0 Å². The second kappa shape index (κ2) is 9.61. The van der Waals surface area contributed by atoms with Crippen molar-refractivity contribution in [1.29, 1.82) is 0 Å². The topological polar surface area (TPSA) is 102 Å². The van der Waals surface area contributed by atoms with E-state index in [9.17, 15) is 4.39 Å². The Morgan fingerprint density at radius 2 is 2.07 bits per heavy atom. The van der Waals surface area contributed by atoms with Crippen molar-refractivity contribution in [2.24, 2.45) is 5.84 Å². The molecule has 3 aromatic heterocycles. The molecule has 3 heterocycles. The Labute approximate surface area is 173 Å². The van der Waals surface area contributed by atoms with Crippen molar-refractivity contribution in [2.75, 3.05) is 12.4 Å². The molecule has 0 saturated carbocycles. The summed E-state index contributed by atoms with van der Waals surface area (Å²) in [6.45, 7) is 4.25. The minimum absolute atomic E-state index is 0.309. The molecule has 0 saturated heterocycles. The maximum atomic E-state index is 14.4. The number of hydrogen-bond acceptors (Lipinski definition) is 7. The molecule has 0 bridgehead atoms. The van der Waals surface area contributed by atoms with Gasteiger partial charge in [0.2, 0.25) is 0 Å². The summed E-state index contributed by atoms with van der Waals surface area (Å²) in [6.07, 6.45) is 12.7. The fraction of sp³-hybridized carbons (Fsp3) is 0.200. The molecule has 0 aliphatic carbocycles. The van der Waals surface area contributed by atoms with Gasteiger partial charge in [-0.25, -0.2) is 29.9 Å². The number of nitrogens with one attached hydrogen (secondary N) is 1. The Hall–Kier alpha value is -3.79. The van der Waals surface area contributed by atoms with Crippen LogP contribution in [0.15, 0.2) is 55.6 Å². The molecule has 10 heteroatoms. The first-order valence-electron chi connectivity index (χ1n) is 9.42. The van der Waals surface area contributed by atoms with Crippen LogP contribution < -0.4 is 11.2 Å². The molecule has 30 heavy (non-hydrogen) atoms. The number of fused-ring (bicyclic) bond motifs is 1. The average Bonchev–Trinajstić information content (AvgIpc) is 3.38. The largest absolute Gasteiger partial charge is 0.337 e. The van der Waals surface area contributed by atoms with Gasteiger partial charge in [0.1, 0.15) is 18.3 Å². The SMILES string of the molecule is CCC.CN(N)/C=C/c1cnc2c(Nc3ccc(-n4cncn4)c(F)c3)nccn12. The van der Waals surface area contributed by atoms with E-state index in [4.69, 9.17) is 5.84 Å². The minimum atomic E-state index is -0.435. The Morgan fingerprint density at radius 3 is 2.73 bits per heavy atom. The van der Waals surface area contributed by atoms with Crippen LogP contribution in [0.25, 0.3) is 17.4 Å². The van der Waals surface area contributed by atoms with Crippen LogP contribution in [-0.2, 0) is 0 Å². The second-order valence-electron chi connectivity index (χ2n) is 6.47. The number of imidazole rings is 1. The molecule has 0 aliphatic rings. The quantitative estimate of drug-likeness (QED) is 0.385. The highest BCUT2D eigenvalue weighted by molar-refractivity contribution is 5.71. The Morgan fingerprint density at radius 1 is 1.27 bits per heavy atom. The van der Waals surface area contributed by atoms with Gasteiger partial charge in [0.25, 0.3) is 0 Å². The third-order valence-electron chi connectivity index (χ3n) is 3.81. The van der Waals surface area contributed by atoms with Crippen LogP contribution in [0.1, 0.15) is 26.0 Å². The maximum absolute atomic E-state index is 14.4. The van der Waals surface area contributed by atoms with Crippen LogP contribution in [0, 0.1) is 5.82 Å². The van der Waals surface area contributed by atoms with Crippen molar-refractivity contribution in [2.45, 2.75) is 20.3 Å². The lowest BCUT2D eigenvalue weighted by molar-refractivity contribution is 0.488. The molecule has 4 aromatic rings. The van der Waals surface area contributed by atoms with E-state index in [1.165, 1.54) is 34.8 Å². The number of halogens is 1. The summed E-state index contributed by atoms with van der Waals surface area (Å²) in [7, 11) is 1.73. The van der Waals surface area contributed by atoms with Crippen molar-refractivity contribution in [3.63, 3.8) is 0 Å². The highest BCUT2D eigenvalue weighted by Gasteiger charge is 2.10. The summed E-state index contributed by atoms with van der Waals surface area (Å²) < 4.78 is 17.6. The molecular formula is C20H24FN9. The smallest absolute Gasteiger partial charge is 0.180 e. The summed E-state index contributed by atoms with van der Waals surface area (Å²) >= 11 is 0. The van der Waals surface area contributed by atoms with Crippen molar-refractivity contribution < 1.29 is 4.39 Å². The molecule has 0 spiro atoms. The fourth-order valence-corrected chi connectivity index (χ4v) is 2.58. The second-order valence-corrected chi connectivity index (χ2v) is 6.47. The monoisotopic (exact) mass is 409 g/mol. The third-order valence-corrected chi connectivity index (χ3v) is 3.81. The van der Waals surface area contributed by atoms with Crippen LogP contribution in [0.3, 0.4) is 0 Å². The fourth-order valence-electron chi connectivity index (χ4n) is 2.58. The zero-order chi connectivity index (χ0) is 21.5. The molecular weight excluding hydrogens is 385 g/mol. The molecule has 4 rings (SSSR count). The summed E-state index contributed by atoms with van der Waals surface area (Å²) in [6, 6.07) is 4.72. The van der Waals surface area contributed by atoms with Crippen molar-refractivity contribution in [3.05, 3.63) is 67.2 Å². The summed E-state index contributed by atoms with van der Waals surface area (Å²) in [5.41, 5.74) is 2.29. The first kappa shape index (κ1) is 20.9. The standard InChI is InChI=1S/C17H16FN9.C3H8/c1-25(19)6-4-13-9-22-17-16(21-5-7-26(13)17)24-12-2-3-15(14(18)8-12)27-11-20-10-23-27;1-3-2/h2-11H,19H2,1H3,(H,21,24);3H2,1-2H3/b6-4+;. The molecule has 156 valence electrons. The molecule has 1 aromatic carbocycles. The van der Waals surface area contributed by atoms with Crippen molar-refractivity contribution in [1.82, 2.24) is 34.1 Å². The molecule has 0 aliphatic heterocycles. The predicted molar refractivity (Wildman–Crippen MR) is 115 cm³/mol. The van der Waals surface area contributed by atoms with E-state index in [2.05, 4.69) is 39.2 Å². The lowest BCUT2D eigenvalue weighted by Gasteiger charge is -2.09. The van der Waals surface area contributed by atoms with Crippen LogP contribution in [0.4, 0.5) is 15.9 Å². The zero-order valence-electron chi connectivity index (χ0n) is 17.1. The molecule has 0 radical (unpaired) electrons. The van der Waals surface area contributed by atoms with Gasteiger partial charge in [0, 0.05) is 31.3 Å². The van der Waals surface area contributed by atoms with Crippen LogP contribution in [0.2, 0.25) is 0 Å². The van der Waals surface area contributed by atoms with E-state index in [-0.39, 0.29) is 0 Å². The summed E-state index contributed by atoms with van der Waals surface area (Å²) in [5, 5.41) is 8.48. The minimum Gasteiger partial charge on any atom is -0.337 e. The van der Waals surface area contributed by atoms with E-state index in [1.54, 1.807) is 44.0 Å². The van der Waals surface area contributed by atoms with E-state index in [0.717, 1.165) is 5.69 Å². The lowest BCUT2D eigenvalue weighted by atomic mass is 10.2. The van der Waals surface area contributed by atoms with Gasteiger partial charge >= 0.3 is 0 Å². The van der Waals surface area contributed by atoms with Crippen molar-refractivity contribution >= 4 is 23.2 Å². The van der Waals surface area contributed by atoms with Gasteiger partial charge in [0.05, 0.1) is 11.9 Å². The molecule has 0 atom stereocenters. The number of aromatic nitrogens is 6. The van der Waals surface area contributed by atoms with Gasteiger partial charge in [-0.3, -0.25) is 4.40 Å². The highest BCUT2D eigenvalue weighted by atomic mass is 19.1. The summed E-state index contributed by atoms with van der Waals surface area (Å²) in [5.74, 6) is 5.66. The molecule has 0 unspecified atom stereocenters. The maximum Gasteiger partial charge on any atom is 0.180 e. The normalized spacial score (nSPS) is 10.8. The number of hydrazine groups is 1. The first-order chi connectivity index (χ1) is 14.5. The van der Waals surface area contributed by atoms with Gasteiger partial charge in [-0.05, 0) is 24.3 Å². The third kappa shape index (κ3) is 4.78. The highest BCUT2D eigenvalue weighted by Crippen LogP contribution is 2.23. The lowest BCUT2D eigenvalue weighted by Crippen LogP contribution is -2.18. The van der Waals surface area contributed by atoms with E-state index >= 15 is 0 Å². The number of hydrogen-bond donors (Lipinski definition) is 2. The molecule has 9 nitrogen and oxygen atoms in total. The number of nitrogens with two attached hydrogens (primary N) is 1. The predicted octanol–water partition coefficient (Wildman–Crippen LogP) is 3.39. The van der Waals surface area contributed by atoms with E-state index in [1.807, 2.05) is 10.5 Å². The van der Waals surface area contributed by atoms with E-state index in [0.29, 0.717) is 22.8 Å². The first-order valence-corrected chi connectivity index (χ1v) is 9.42. The zero-order valence-corrected chi connectivity index (χ0v) is 17.1. The molecule has 0 fully saturated rings. The van der Waals surface area contributed by atoms with Crippen molar-refractivity contribution in [3.8, 4) is 5.69 Å².